The van der Waals surface area contributed by atoms with Crippen molar-refractivity contribution in [1.29, 1.82) is 0 Å². The van der Waals surface area contributed by atoms with E-state index in [0.29, 0.717) is 6.54 Å². The van der Waals surface area contributed by atoms with Gasteiger partial charge in [-0.3, -0.25) is 4.90 Å². The van der Waals surface area contributed by atoms with Crippen LogP contribution in [0.4, 0.5) is 4.79 Å². The number of ether oxygens (including phenoxy) is 1. The number of hydrogen-bond donors (Lipinski definition) is 0. The molecule has 90 valence electrons. The summed E-state index contributed by atoms with van der Waals surface area (Å²) in [6, 6.07) is 0. The minimum atomic E-state index is -0.435. The standard InChI is InChI=1S/C13H21NO2/c1-6-10(2)11-7-8-14(9-11)12(15)16-13(3,4)5/h9H,2,6-8H2,1,3-5H3. The molecule has 0 aromatic carbocycles. The number of rotatable bonds is 2. The van der Waals surface area contributed by atoms with Gasteiger partial charge in [0.2, 0.25) is 0 Å². The van der Waals surface area contributed by atoms with Crippen LogP contribution in [0.25, 0.3) is 0 Å². The van der Waals surface area contributed by atoms with E-state index in [1.807, 2.05) is 27.0 Å². The topological polar surface area (TPSA) is 29.5 Å². The Labute approximate surface area is 97.8 Å². The second-order valence-corrected chi connectivity index (χ2v) is 5.04. The summed E-state index contributed by atoms with van der Waals surface area (Å²) in [4.78, 5) is 13.4. The minimum absolute atomic E-state index is 0.272. The Morgan fingerprint density at radius 2 is 2.19 bits per heavy atom. The Morgan fingerprint density at radius 3 is 2.69 bits per heavy atom. The molecule has 0 saturated carbocycles. The normalized spacial score (nSPS) is 16.0. The number of amides is 1. The van der Waals surface area contributed by atoms with E-state index in [1.54, 1.807) is 4.90 Å². The molecule has 0 aliphatic carbocycles. The lowest BCUT2D eigenvalue weighted by molar-refractivity contribution is 0.0349. The molecule has 0 fully saturated rings. The van der Waals surface area contributed by atoms with E-state index in [2.05, 4.69) is 13.5 Å². The average molecular weight is 223 g/mol. The highest BCUT2D eigenvalue weighted by Crippen LogP contribution is 2.24. The molecule has 0 spiro atoms. The van der Waals surface area contributed by atoms with Crippen LogP contribution in [0.3, 0.4) is 0 Å². The van der Waals surface area contributed by atoms with Gasteiger partial charge in [0.25, 0.3) is 0 Å². The van der Waals surface area contributed by atoms with Gasteiger partial charge >= 0.3 is 6.09 Å². The maximum Gasteiger partial charge on any atom is 0.414 e. The first kappa shape index (κ1) is 12.8. The monoisotopic (exact) mass is 223 g/mol. The Hall–Kier alpha value is -1.25. The molecule has 16 heavy (non-hydrogen) atoms. The van der Waals surface area contributed by atoms with Gasteiger partial charge in [-0.25, -0.2) is 4.79 Å². The zero-order chi connectivity index (χ0) is 12.3. The van der Waals surface area contributed by atoms with Gasteiger partial charge in [0, 0.05) is 12.7 Å². The Morgan fingerprint density at radius 1 is 1.56 bits per heavy atom. The SMILES string of the molecule is C=C(CC)C1=CN(C(=O)OC(C)(C)C)CC1. The number of carbonyl (C=O) groups excluding carboxylic acids is 1. The zero-order valence-electron chi connectivity index (χ0n) is 10.7. The van der Waals surface area contributed by atoms with Crippen LogP contribution in [-0.4, -0.2) is 23.1 Å². The summed E-state index contributed by atoms with van der Waals surface area (Å²) < 4.78 is 5.30. The van der Waals surface area contributed by atoms with Crippen LogP contribution in [0.1, 0.15) is 40.5 Å². The molecule has 3 nitrogen and oxygen atoms in total. The predicted octanol–water partition coefficient (Wildman–Crippen LogP) is 3.48. The van der Waals surface area contributed by atoms with Crippen LogP contribution in [0, 0.1) is 0 Å². The Kier molecular flexibility index (Phi) is 3.79. The molecule has 1 rings (SSSR count). The van der Waals surface area contributed by atoms with E-state index < -0.39 is 5.60 Å². The first-order valence-corrected chi connectivity index (χ1v) is 5.72. The van der Waals surface area contributed by atoms with E-state index in [1.165, 1.54) is 0 Å². The molecule has 0 unspecified atom stereocenters. The fourth-order valence-corrected chi connectivity index (χ4v) is 1.52. The highest BCUT2D eigenvalue weighted by molar-refractivity contribution is 5.70. The third kappa shape index (κ3) is 3.40. The second-order valence-electron chi connectivity index (χ2n) is 5.04. The third-order valence-electron chi connectivity index (χ3n) is 2.44. The van der Waals surface area contributed by atoms with Crippen LogP contribution in [0.15, 0.2) is 23.9 Å². The number of carbonyl (C=O) groups is 1. The first-order valence-electron chi connectivity index (χ1n) is 5.72. The highest BCUT2D eigenvalue weighted by Gasteiger charge is 2.24. The van der Waals surface area contributed by atoms with Crippen LogP contribution in [-0.2, 0) is 4.74 Å². The molecule has 0 N–H and O–H groups in total. The van der Waals surface area contributed by atoms with Gasteiger partial charge in [-0.15, -0.1) is 0 Å². The van der Waals surface area contributed by atoms with E-state index >= 15 is 0 Å². The van der Waals surface area contributed by atoms with Crippen molar-refractivity contribution in [3.8, 4) is 0 Å². The summed E-state index contributed by atoms with van der Waals surface area (Å²) in [5, 5.41) is 0. The van der Waals surface area contributed by atoms with Crippen LogP contribution in [0.5, 0.6) is 0 Å². The van der Waals surface area contributed by atoms with Crippen molar-refractivity contribution in [3.05, 3.63) is 23.9 Å². The fourth-order valence-electron chi connectivity index (χ4n) is 1.52. The van der Waals surface area contributed by atoms with Crippen molar-refractivity contribution in [2.45, 2.75) is 46.1 Å². The molecular formula is C13H21NO2. The molecule has 1 heterocycles. The predicted molar refractivity (Wildman–Crippen MR) is 65.1 cm³/mol. The summed E-state index contributed by atoms with van der Waals surface area (Å²) >= 11 is 0. The highest BCUT2D eigenvalue weighted by atomic mass is 16.6. The smallest absolute Gasteiger partial charge is 0.414 e. The van der Waals surface area contributed by atoms with Gasteiger partial charge < -0.3 is 4.74 Å². The lowest BCUT2D eigenvalue weighted by Gasteiger charge is -2.23. The quantitative estimate of drug-likeness (QED) is 0.717. The minimum Gasteiger partial charge on any atom is -0.443 e. The fraction of sp³-hybridized carbons (Fsp3) is 0.615. The number of nitrogens with zero attached hydrogens (tertiary/aromatic N) is 1. The molecule has 0 aromatic rings. The van der Waals surface area contributed by atoms with Crippen molar-refractivity contribution in [1.82, 2.24) is 4.90 Å². The molecule has 0 saturated heterocycles. The summed E-state index contributed by atoms with van der Waals surface area (Å²) in [6.45, 7) is 12.4. The van der Waals surface area contributed by atoms with Crippen molar-refractivity contribution < 1.29 is 9.53 Å². The molecule has 0 aromatic heterocycles. The number of allylic oxidation sites excluding steroid dienone is 1. The first-order chi connectivity index (χ1) is 7.33. The summed E-state index contributed by atoms with van der Waals surface area (Å²) in [5.41, 5.74) is 1.83. The van der Waals surface area contributed by atoms with Crippen molar-refractivity contribution in [2.75, 3.05) is 6.54 Å². The Balaban J connectivity index is 2.61. The van der Waals surface area contributed by atoms with E-state index in [0.717, 1.165) is 24.0 Å². The van der Waals surface area contributed by atoms with Gasteiger partial charge in [0.1, 0.15) is 5.60 Å². The largest absolute Gasteiger partial charge is 0.443 e. The molecule has 1 aliphatic heterocycles. The molecule has 0 radical (unpaired) electrons. The zero-order valence-corrected chi connectivity index (χ0v) is 10.7. The maximum absolute atomic E-state index is 11.7. The van der Waals surface area contributed by atoms with Gasteiger partial charge in [0.05, 0.1) is 0 Å². The molecular weight excluding hydrogens is 202 g/mol. The van der Waals surface area contributed by atoms with Crippen LogP contribution < -0.4 is 0 Å². The maximum atomic E-state index is 11.7. The van der Waals surface area contributed by atoms with Gasteiger partial charge in [-0.1, -0.05) is 19.1 Å². The lowest BCUT2D eigenvalue weighted by atomic mass is 10.1. The molecule has 1 aliphatic rings. The molecule has 3 heteroatoms. The van der Waals surface area contributed by atoms with E-state index in [-0.39, 0.29) is 6.09 Å². The van der Waals surface area contributed by atoms with E-state index in [4.69, 9.17) is 4.74 Å². The van der Waals surface area contributed by atoms with Gasteiger partial charge in [0.15, 0.2) is 0 Å². The molecule has 1 amide bonds. The van der Waals surface area contributed by atoms with Crippen LogP contribution >= 0.6 is 0 Å². The third-order valence-corrected chi connectivity index (χ3v) is 2.44. The second kappa shape index (κ2) is 4.73. The van der Waals surface area contributed by atoms with Crippen molar-refractivity contribution in [3.63, 3.8) is 0 Å². The Bertz CT molecular complexity index is 323. The van der Waals surface area contributed by atoms with Crippen molar-refractivity contribution in [2.24, 2.45) is 0 Å². The summed E-state index contributed by atoms with van der Waals surface area (Å²) in [5.74, 6) is 0. The van der Waals surface area contributed by atoms with Gasteiger partial charge in [-0.05, 0) is 39.2 Å². The molecule has 0 bridgehead atoms. The van der Waals surface area contributed by atoms with Gasteiger partial charge in [-0.2, -0.15) is 0 Å². The summed E-state index contributed by atoms with van der Waals surface area (Å²) in [6.07, 6.45) is 3.39. The average Bonchev–Trinajstić information content (AvgIpc) is 2.62. The van der Waals surface area contributed by atoms with E-state index in [9.17, 15) is 4.79 Å². The number of hydrogen-bond acceptors (Lipinski definition) is 2. The van der Waals surface area contributed by atoms with Crippen molar-refractivity contribution >= 4 is 6.09 Å². The summed E-state index contributed by atoms with van der Waals surface area (Å²) in [7, 11) is 0. The van der Waals surface area contributed by atoms with Crippen LogP contribution in [0.2, 0.25) is 0 Å². The molecule has 0 atom stereocenters. The lowest BCUT2D eigenvalue weighted by Crippen LogP contribution is -2.32.